The van der Waals surface area contributed by atoms with Crippen LogP contribution in [0, 0.1) is 0 Å². The van der Waals surface area contributed by atoms with E-state index in [1.165, 1.54) is 0 Å². The standard InChI is InChI=1S/C21H15N7O/c1-28-10-14(9-23-28)12-2-3-16-15(8-12)19(27-26-16)21-24-17-4-6-22-18(20(17)25-21)13-5-7-29-11-13/h2-11H,1H3,(H,24,25)(H,26,27). The number of nitrogens with one attached hydrogen (secondary N) is 2. The summed E-state index contributed by atoms with van der Waals surface area (Å²) in [6, 6.07) is 9.97. The number of aryl methyl sites for hydroxylation is 1. The lowest BCUT2D eigenvalue weighted by molar-refractivity contribution is 0.568. The monoisotopic (exact) mass is 381 g/mol. The summed E-state index contributed by atoms with van der Waals surface area (Å²) in [4.78, 5) is 12.7. The maximum Gasteiger partial charge on any atom is 0.159 e. The van der Waals surface area contributed by atoms with Crippen LogP contribution >= 0.6 is 0 Å². The normalized spacial score (nSPS) is 11.6. The Balaban J connectivity index is 1.53. The van der Waals surface area contributed by atoms with Crippen LogP contribution in [-0.4, -0.2) is 34.9 Å². The average molecular weight is 381 g/mol. The second-order valence-corrected chi connectivity index (χ2v) is 6.89. The highest BCUT2D eigenvalue weighted by Gasteiger charge is 2.16. The highest BCUT2D eigenvalue weighted by molar-refractivity contribution is 5.97. The molecule has 0 fully saturated rings. The van der Waals surface area contributed by atoms with Gasteiger partial charge in [-0.15, -0.1) is 0 Å². The molecule has 0 unspecified atom stereocenters. The van der Waals surface area contributed by atoms with Gasteiger partial charge in [0.05, 0.1) is 29.8 Å². The van der Waals surface area contributed by atoms with Crippen LogP contribution in [0.2, 0.25) is 0 Å². The molecular weight excluding hydrogens is 366 g/mol. The Morgan fingerprint density at radius 3 is 2.79 bits per heavy atom. The molecule has 0 aliphatic carbocycles. The number of furan rings is 1. The first kappa shape index (κ1) is 15.8. The lowest BCUT2D eigenvalue weighted by Crippen LogP contribution is -1.84. The number of pyridine rings is 1. The fraction of sp³-hybridized carbons (Fsp3) is 0.0476. The van der Waals surface area contributed by atoms with Gasteiger partial charge in [-0.2, -0.15) is 10.2 Å². The predicted octanol–water partition coefficient (Wildman–Crippen LogP) is 4.16. The lowest BCUT2D eigenvalue weighted by Gasteiger charge is -1.98. The van der Waals surface area contributed by atoms with Gasteiger partial charge in [-0.05, 0) is 29.8 Å². The zero-order valence-electron chi connectivity index (χ0n) is 15.4. The van der Waals surface area contributed by atoms with Crippen molar-refractivity contribution in [2.24, 2.45) is 7.05 Å². The minimum Gasteiger partial charge on any atom is -0.472 e. The molecule has 0 saturated heterocycles. The van der Waals surface area contributed by atoms with Crippen molar-refractivity contribution in [3.8, 4) is 33.9 Å². The fourth-order valence-electron chi connectivity index (χ4n) is 3.60. The molecule has 0 saturated carbocycles. The van der Waals surface area contributed by atoms with Crippen LogP contribution in [-0.2, 0) is 7.05 Å². The van der Waals surface area contributed by atoms with E-state index < -0.39 is 0 Å². The summed E-state index contributed by atoms with van der Waals surface area (Å²) in [5, 5.41) is 12.9. The van der Waals surface area contributed by atoms with Crippen molar-refractivity contribution in [1.82, 2.24) is 34.9 Å². The quantitative estimate of drug-likeness (QED) is 0.479. The summed E-state index contributed by atoms with van der Waals surface area (Å²) in [7, 11) is 1.91. The number of benzene rings is 1. The van der Waals surface area contributed by atoms with Crippen LogP contribution in [0.4, 0.5) is 0 Å². The highest BCUT2D eigenvalue weighted by atomic mass is 16.3. The number of aromatic nitrogens is 7. The first-order valence-electron chi connectivity index (χ1n) is 9.11. The summed E-state index contributed by atoms with van der Waals surface area (Å²) >= 11 is 0. The van der Waals surface area contributed by atoms with E-state index in [0.717, 1.165) is 50.0 Å². The van der Waals surface area contributed by atoms with Gasteiger partial charge in [0.15, 0.2) is 5.82 Å². The zero-order valence-corrected chi connectivity index (χ0v) is 15.4. The van der Waals surface area contributed by atoms with Gasteiger partial charge < -0.3 is 9.40 Å². The minimum atomic E-state index is 0.687. The second kappa shape index (κ2) is 5.90. The molecule has 8 heteroatoms. The predicted molar refractivity (Wildman–Crippen MR) is 109 cm³/mol. The number of hydrogen-bond donors (Lipinski definition) is 2. The molecule has 6 rings (SSSR count). The van der Waals surface area contributed by atoms with E-state index >= 15 is 0 Å². The van der Waals surface area contributed by atoms with E-state index in [2.05, 4.69) is 37.4 Å². The van der Waals surface area contributed by atoms with Gasteiger partial charge in [-0.25, -0.2) is 4.98 Å². The first-order chi connectivity index (χ1) is 14.3. The van der Waals surface area contributed by atoms with Crippen molar-refractivity contribution < 1.29 is 4.42 Å². The van der Waals surface area contributed by atoms with Gasteiger partial charge in [0.25, 0.3) is 0 Å². The van der Waals surface area contributed by atoms with Crippen molar-refractivity contribution in [3.63, 3.8) is 0 Å². The van der Waals surface area contributed by atoms with Crippen molar-refractivity contribution in [2.45, 2.75) is 0 Å². The largest absolute Gasteiger partial charge is 0.472 e. The van der Waals surface area contributed by atoms with Crippen LogP contribution in [0.5, 0.6) is 0 Å². The van der Waals surface area contributed by atoms with Gasteiger partial charge in [0, 0.05) is 36.0 Å². The van der Waals surface area contributed by atoms with E-state index in [4.69, 9.17) is 9.40 Å². The van der Waals surface area contributed by atoms with Crippen molar-refractivity contribution in [1.29, 1.82) is 0 Å². The topological polar surface area (TPSA) is 101 Å². The molecule has 0 aliphatic rings. The van der Waals surface area contributed by atoms with Gasteiger partial charge in [0.1, 0.15) is 16.9 Å². The molecule has 1 aromatic carbocycles. The molecule has 0 aliphatic heterocycles. The number of imidazole rings is 1. The molecule has 0 bridgehead atoms. The van der Waals surface area contributed by atoms with Crippen LogP contribution in [0.1, 0.15) is 0 Å². The molecule has 5 heterocycles. The van der Waals surface area contributed by atoms with E-state index in [-0.39, 0.29) is 0 Å². The molecular formula is C21H15N7O. The van der Waals surface area contributed by atoms with Crippen LogP contribution in [0.3, 0.4) is 0 Å². The van der Waals surface area contributed by atoms with Crippen molar-refractivity contribution in [3.05, 3.63) is 61.4 Å². The smallest absolute Gasteiger partial charge is 0.159 e. The molecule has 2 N–H and O–H groups in total. The third-order valence-corrected chi connectivity index (χ3v) is 5.02. The summed E-state index contributed by atoms with van der Waals surface area (Å²) in [6.07, 6.45) is 8.90. The molecule has 0 radical (unpaired) electrons. The van der Waals surface area contributed by atoms with Crippen molar-refractivity contribution >= 4 is 21.9 Å². The van der Waals surface area contributed by atoms with Crippen molar-refractivity contribution in [2.75, 3.05) is 0 Å². The Kier molecular flexibility index (Phi) is 3.22. The summed E-state index contributed by atoms with van der Waals surface area (Å²) in [6.45, 7) is 0. The fourth-order valence-corrected chi connectivity index (χ4v) is 3.60. The number of fused-ring (bicyclic) bond motifs is 2. The SMILES string of the molecule is Cn1cc(-c2ccc3[nH]nc(-c4nc5c(-c6ccoc6)nccc5[nH]4)c3c2)cn1. The van der Waals surface area contributed by atoms with E-state index in [0.29, 0.717) is 5.82 Å². The van der Waals surface area contributed by atoms with Gasteiger partial charge in [0.2, 0.25) is 0 Å². The molecule has 8 nitrogen and oxygen atoms in total. The van der Waals surface area contributed by atoms with Gasteiger partial charge in [-0.3, -0.25) is 14.8 Å². The summed E-state index contributed by atoms with van der Waals surface area (Å²) in [5.41, 5.74) is 7.17. The van der Waals surface area contributed by atoms with Gasteiger partial charge >= 0.3 is 0 Å². The molecule has 0 spiro atoms. The van der Waals surface area contributed by atoms with E-state index in [9.17, 15) is 0 Å². The number of H-pyrrole nitrogens is 2. The Morgan fingerprint density at radius 1 is 1.00 bits per heavy atom. The molecule has 29 heavy (non-hydrogen) atoms. The Morgan fingerprint density at radius 2 is 1.97 bits per heavy atom. The Labute approximate surface area is 164 Å². The van der Waals surface area contributed by atoms with Crippen LogP contribution in [0.15, 0.2) is 65.9 Å². The second-order valence-electron chi connectivity index (χ2n) is 6.89. The summed E-state index contributed by atoms with van der Waals surface area (Å²) in [5.74, 6) is 0.687. The first-order valence-corrected chi connectivity index (χ1v) is 9.11. The third-order valence-electron chi connectivity index (χ3n) is 5.02. The number of hydrogen-bond acceptors (Lipinski definition) is 5. The number of nitrogens with zero attached hydrogens (tertiary/aromatic N) is 5. The minimum absolute atomic E-state index is 0.687. The zero-order chi connectivity index (χ0) is 19.4. The molecule has 5 aromatic heterocycles. The molecule has 0 atom stereocenters. The summed E-state index contributed by atoms with van der Waals surface area (Å²) < 4.78 is 7.00. The Bertz CT molecular complexity index is 1470. The number of aromatic amines is 2. The maximum absolute atomic E-state index is 5.21. The van der Waals surface area contributed by atoms with Crippen LogP contribution < -0.4 is 0 Å². The highest BCUT2D eigenvalue weighted by Crippen LogP contribution is 2.32. The maximum atomic E-state index is 5.21. The third kappa shape index (κ3) is 2.46. The van der Waals surface area contributed by atoms with Crippen LogP contribution in [0.25, 0.3) is 55.8 Å². The molecule has 140 valence electrons. The Hall–Kier alpha value is -4.20. The van der Waals surface area contributed by atoms with E-state index in [1.54, 1.807) is 23.4 Å². The lowest BCUT2D eigenvalue weighted by atomic mass is 10.1. The molecule has 6 aromatic rings. The molecule has 0 amide bonds. The average Bonchev–Trinajstić information content (AvgIpc) is 3.51. The van der Waals surface area contributed by atoms with Gasteiger partial charge in [-0.1, -0.05) is 6.07 Å². The van der Waals surface area contributed by atoms with E-state index in [1.807, 2.05) is 37.6 Å². The number of rotatable bonds is 3.